The predicted molar refractivity (Wildman–Crippen MR) is 79.3 cm³/mol. The van der Waals surface area contributed by atoms with Crippen LogP contribution in [0.15, 0.2) is 42.5 Å². The fourth-order valence-corrected chi connectivity index (χ4v) is 2.58. The SMILES string of the molecule is COc1ccc2cc3cccc(C)c3cc2c1OC. The molecule has 0 radical (unpaired) electrons. The van der Waals surface area contributed by atoms with Gasteiger partial charge in [-0.3, -0.25) is 0 Å². The van der Waals surface area contributed by atoms with Gasteiger partial charge in [-0.15, -0.1) is 0 Å². The van der Waals surface area contributed by atoms with Crippen molar-refractivity contribution in [3.8, 4) is 11.5 Å². The molecule has 2 heteroatoms. The van der Waals surface area contributed by atoms with Gasteiger partial charge in [0.25, 0.3) is 0 Å². The van der Waals surface area contributed by atoms with Crippen LogP contribution in [0, 0.1) is 6.92 Å². The van der Waals surface area contributed by atoms with Crippen LogP contribution in [0.2, 0.25) is 0 Å². The zero-order valence-electron chi connectivity index (χ0n) is 11.4. The maximum Gasteiger partial charge on any atom is 0.168 e. The molecule has 19 heavy (non-hydrogen) atoms. The third kappa shape index (κ3) is 1.80. The minimum atomic E-state index is 0.767. The van der Waals surface area contributed by atoms with Crippen LogP contribution in [0.1, 0.15) is 5.56 Å². The molecule has 3 aromatic carbocycles. The van der Waals surface area contributed by atoms with E-state index in [0.717, 1.165) is 22.3 Å². The number of hydrogen-bond donors (Lipinski definition) is 0. The molecule has 2 nitrogen and oxygen atoms in total. The monoisotopic (exact) mass is 252 g/mol. The summed E-state index contributed by atoms with van der Waals surface area (Å²) >= 11 is 0. The largest absolute Gasteiger partial charge is 0.493 e. The van der Waals surface area contributed by atoms with Crippen molar-refractivity contribution in [3.63, 3.8) is 0 Å². The average molecular weight is 252 g/mol. The molecule has 0 amide bonds. The molecule has 3 rings (SSSR count). The molecule has 3 aromatic rings. The van der Waals surface area contributed by atoms with Gasteiger partial charge in [0.1, 0.15) is 0 Å². The molecule has 0 fully saturated rings. The first-order chi connectivity index (χ1) is 9.24. The number of fused-ring (bicyclic) bond motifs is 2. The highest BCUT2D eigenvalue weighted by Crippen LogP contribution is 2.37. The molecule has 0 saturated heterocycles. The molecule has 0 aliphatic heterocycles. The number of hydrogen-bond acceptors (Lipinski definition) is 2. The number of rotatable bonds is 2. The Balaban J connectivity index is 2.45. The quantitative estimate of drug-likeness (QED) is 0.632. The predicted octanol–water partition coefficient (Wildman–Crippen LogP) is 4.32. The van der Waals surface area contributed by atoms with Crippen LogP contribution in [0.5, 0.6) is 11.5 Å². The van der Waals surface area contributed by atoms with Gasteiger partial charge >= 0.3 is 0 Å². The van der Waals surface area contributed by atoms with Gasteiger partial charge in [0.05, 0.1) is 14.2 Å². The first-order valence-electron chi connectivity index (χ1n) is 6.28. The normalized spacial score (nSPS) is 10.9. The molecule has 0 bridgehead atoms. The number of methoxy groups -OCH3 is 2. The van der Waals surface area contributed by atoms with Crippen molar-refractivity contribution in [2.75, 3.05) is 14.2 Å². The summed E-state index contributed by atoms with van der Waals surface area (Å²) < 4.78 is 10.9. The van der Waals surface area contributed by atoms with E-state index in [1.54, 1.807) is 14.2 Å². The molecular formula is C17H16O2. The van der Waals surface area contributed by atoms with Crippen LogP contribution in [-0.2, 0) is 0 Å². The lowest BCUT2D eigenvalue weighted by atomic mass is 9.99. The van der Waals surface area contributed by atoms with E-state index in [9.17, 15) is 0 Å². The summed E-state index contributed by atoms with van der Waals surface area (Å²) in [6.45, 7) is 2.13. The molecule has 0 aromatic heterocycles. The van der Waals surface area contributed by atoms with Crippen molar-refractivity contribution in [3.05, 3.63) is 48.0 Å². The molecule has 0 aliphatic carbocycles. The fraction of sp³-hybridized carbons (Fsp3) is 0.176. The lowest BCUT2D eigenvalue weighted by Gasteiger charge is -2.12. The maximum atomic E-state index is 5.51. The van der Waals surface area contributed by atoms with E-state index >= 15 is 0 Å². The molecule has 0 saturated carbocycles. The minimum absolute atomic E-state index is 0.767. The lowest BCUT2D eigenvalue weighted by molar-refractivity contribution is 0.358. The average Bonchev–Trinajstić information content (AvgIpc) is 2.44. The molecule has 0 heterocycles. The van der Waals surface area contributed by atoms with Crippen LogP contribution in [0.25, 0.3) is 21.5 Å². The molecular weight excluding hydrogens is 236 g/mol. The third-order valence-corrected chi connectivity index (χ3v) is 3.58. The van der Waals surface area contributed by atoms with Gasteiger partial charge in [-0.2, -0.15) is 0 Å². The van der Waals surface area contributed by atoms with Gasteiger partial charge in [0, 0.05) is 5.39 Å². The van der Waals surface area contributed by atoms with Gasteiger partial charge in [0.2, 0.25) is 0 Å². The van der Waals surface area contributed by atoms with Gasteiger partial charge < -0.3 is 9.47 Å². The van der Waals surface area contributed by atoms with Crippen molar-refractivity contribution >= 4 is 21.5 Å². The van der Waals surface area contributed by atoms with Gasteiger partial charge in [0.15, 0.2) is 11.5 Å². The van der Waals surface area contributed by atoms with E-state index < -0.39 is 0 Å². The maximum absolute atomic E-state index is 5.51. The summed E-state index contributed by atoms with van der Waals surface area (Å²) in [6, 6.07) is 14.7. The van der Waals surface area contributed by atoms with Crippen LogP contribution in [0.3, 0.4) is 0 Å². The second kappa shape index (κ2) is 4.47. The summed E-state index contributed by atoms with van der Waals surface area (Å²) in [4.78, 5) is 0. The molecule has 0 atom stereocenters. The summed E-state index contributed by atoms with van der Waals surface area (Å²) in [6.07, 6.45) is 0. The first kappa shape index (κ1) is 11.8. The first-order valence-corrected chi connectivity index (χ1v) is 6.28. The topological polar surface area (TPSA) is 18.5 Å². The number of ether oxygens (including phenoxy) is 2. The minimum Gasteiger partial charge on any atom is -0.493 e. The standard InChI is InChI=1S/C17H16O2/c1-11-5-4-6-12-9-13-7-8-16(18-2)17(19-3)15(13)10-14(11)12/h4-10H,1-3H3. The molecule has 96 valence electrons. The van der Waals surface area contributed by atoms with E-state index in [1.165, 1.54) is 16.3 Å². The molecule has 0 N–H and O–H groups in total. The fourth-order valence-electron chi connectivity index (χ4n) is 2.58. The summed E-state index contributed by atoms with van der Waals surface area (Å²) in [5.74, 6) is 1.56. The van der Waals surface area contributed by atoms with Crippen molar-refractivity contribution in [1.29, 1.82) is 0 Å². The van der Waals surface area contributed by atoms with Crippen LogP contribution in [-0.4, -0.2) is 14.2 Å². The smallest absolute Gasteiger partial charge is 0.168 e. The zero-order valence-corrected chi connectivity index (χ0v) is 11.4. The highest BCUT2D eigenvalue weighted by atomic mass is 16.5. The summed E-state index contributed by atoms with van der Waals surface area (Å²) in [7, 11) is 3.34. The Morgan fingerprint density at radius 1 is 0.789 bits per heavy atom. The highest BCUT2D eigenvalue weighted by molar-refractivity contribution is 6.03. The Morgan fingerprint density at radius 2 is 1.58 bits per heavy atom. The molecule has 0 aliphatic rings. The summed E-state index contributed by atoms with van der Waals surface area (Å²) in [5.41, 5.74) is 1.27. The number of aryl methyl sites for hydroxylation is 1. The second-order valence-electron chi connectivity index (χ2n) is 4.67. The van der Waals surface area contributed by atoms with Crippen LogP contribution >= 0.6 is 0 Å². The Labute approximate surface area is 112 Å². The lowest BCUT2D eigenvalue weighted by Crippen LogP contribution is -1.92. The Morgan fingerprint density at radius 3 is 2.32 bits per heavy atom. The molecule has 0 spiro atoms. The third-order valence-electron chi connectivity index (χ3n) is 3.58. The second-order valence-corrected chi connectivity index (χ2v) is 4.67. The number of benzene rings is 3. The van der Waals surface area contributed by atoms with Gasteiger partial charge in [-0.25, -0.2) is 0 Å². The summed E-state index contributed by atoms with van der Waals surface area (Å²) in [5, 5.41) is 4.75. The highest BCUT2D eigenvalue weighted by Gasteiger charge is 2.10. The van der Waals surface area contributed by atoms with Gasteiger partial charge in [-0.1, -0.05) is 24.3 Å². The Kier molecular flexibility index (Phi) is 2.79. The Hall–Kier alpha value is -2.22. The Bertz CT molecular complexity index is 760. The molecule has 0 unspecified atom stereocenters. The van der Waals surface area contributed by atoms with E-state index in [1.807, 2.05) is 6.07 Å². The van der Waals surface area contributed by atoms with Crippen molar-refractivity contribution < 1.29 is 9.47 Å². The van der Waals surface area contributed by atoms with Crippen LogP contribution in [0.4, 0.5) is 0 Å². The van der Waals surface area contributed by atoms with E-state index in [4.69, 9.17) is 9.47 Å². The van der Waals surface area contributed by atoms with E-state index in [0.29, 0.717) is 0 Å². The van der Waals surface area contributed by atoms with Crippen LogP contribution < -0.4 is 9.47 Å². The zero-order chi connectivity index (χ0) is 13.4. The van der Waals surface area contributed by atoms with Gasteiger partial charge in [-0.05, 0) is 46.8 Å². The van der Waals surface area contributed by atoms with Crippen molar-refractivity contribution in [2.45, 2.75) is 6.92 Å². The van der Waals surface area contributed by atoms with E-state index in [2.05, 4.69) is 43.3 Å². The van der Waals surface area contributed by atoms with Crippen molar-refractivity contribution in [2.24, 2.45) is 0 Å². The van der Waals surface area contributed by atoms with E-state index in [-0.39, 0.29) is 0 Å². The van der Waals surface area contributed by atoms with Crippen molar-refractivity contribution in [1.82, 2.24) is 0 Å².